The molecular formula is C13H13ClFN3. The molecule has 1 aromatic rings. The van der Waals surface area contributed by atoms with Crippen LogP contribution in [-0.4, -0.2) is 23.9 Å². The fraction of sp³-hybridized carbons (Fsp3) is 0.308. The molecule has 3 nitrogen and oxygen atoms in total. The summed E-state index contributed by atoms with van der Waals surface area (Å²) < 4.78 is 13.7. The third-order valence-corrected chi connectivity index (χ3v) is 3.09. The van der Waals surface area contributed by atoms with Crippen LogP contribution in [0.5, 0.6) is 0 Å². The Morgan fingerprint density at radius 2 is 2.28 bits per heavy atom. The van der Waals surface area contributed by atoms with E-state index in [0.29, 0.717) is 16.5 Å². The minimum Gasteiger partial charge on any atom is -0.370 e. The number of guanidine groups is 1. The maximum Gasteiger partial charge on any atom is 0.192 e. The van der Waals surface area contributed by atoms with Gasteiger partial charge in [0.1, 0.15) is 11.9 Å². The van der Waals surface area contributed by atoms with Crippen LogP contribution < -0.4 is 5.73 Å². The van der Waals surface area contributed by atoms with E-state index in [0.717, 1.165) is 19.5 Å². The van der Waals surface area contributed by atoms with Crippen LogP contribution in [0.1, 0.15) is 18.0 Å². The van der Waals surface area contributed by atoms with Gasteiger partial charge in [-0.3, -0.25) is 0 Å². The molecule has 1 fully saturated rings. The third kappa shape index (κ3) is 2.57. The van der Waals surface area contributed by atoms with Gasteiger partial charge in [-0.05, 0) is 18.6 Å². The van der Waals surface area contributed by atoms with Gasteiger partial charge in [-0.1, -0.05) is 23.6 Å². The van der Waals surface area contributed by atoms with Crippen molar-refractivity contribution in [1.82, 2.24) is 4.90 Å². The average molecular weight is 266 g/mol. The first kappa shape index (κ1) is 12.7. The summed E-state index contributed by atoms with van der Waals surface area (Å²) in [6.45, 7) is 1.74. The number of hydrogen-bond acceptors (Lipinski definition) is 1. The van der Waals surface area contributed by atoms with Crippen molar-refractivity contribution in [3.63, 3.8) is 0 Å². The van der Waals surface area contributed by atoms with Crippen LogP contribution in [-0.2, 0) is 0 Å². The minimum absolute atomic E-state index is 0.311. The molecule has 1 aliphatic rings. The molecule has 5 heteroatoms. The second kappa shape index (κ2) is 5.28. The van der Waals surface area contributed by atoms with Gasteiger partial charge in [0.05, 0.1) is 0 Å². The molecule has 0 amide bonds. The molecule has 2 rings (SSSR count). The first-order chi connectivity index (χ1) is 8.61. The summed E-state index contributed by atoms with van der Waals surface area (Å²) in [5.74, 6) is 2.33. The van der Waals surface area contributed by atoms with Crippen molar-refractivity contribution in [3.05, 3.63) is 34.6 Å². The molecule has 0 aliphatic carbocycles. The maximum absolute atomic E-state index is 13.7. The van der Waals surface area contributed by atoms with E-state index < -0.39 is 11.9 Å². The lowest BCUT2D eigenvalue weighted by atomic mass is 10.1. The van der Waals surface area contributed by atoms with E-state index in [4.69, 9.17) is 23.8 Å². The van der Waals surface area contributed by atoms with Crippen LogP contribution >= 0.6 is 11.6 Å². The smallest absolute Gasteiger partial charge is 0.192 e. The van der Waals surface area contributed by atoms with Gasteiger partial charge in [-0.15, -0.1) is 6.42 Å². The first-order valence-corrected chi connectivity index (χ1v) is 5.99. The summed E-state index contributed by atoms with van der Waals surface area (Å²) in [6.07, 6.45) is 6.48. The number of rotatable bonds is 2. The molecule has 0 spiro atoms. The fourth-order valence-corrected chi connectivity index (χ4v) is 1.84. The maximum atomic E-state index is 13.7. The molecular weight excluding hydrogens is 253 g/mol. The SMILES string of the molecule is C#CC(N=C(N)N1CCC1)c1ccc(Cl)cc1F. The van der Waals surface area contributed by atoms with Crippen LogP contribution in [0.15, 0.2) is 23.2 Å². The number of hydrogen-bond donors (Lipinski definition) is 1. The quantitative estimate of drug-likeness (QED) is 0.506. The summed E-state index contributed by atoms with van der Waals surface area (Å²) in [7, 11) is 0. The van der Waals surface area contributed by atoms with E-state index in [-0.39, 0.29) is 0 Å². The minimum atomic E-state index is -0.720. The van der Waals surface area contributed by atoms with Gasteiger partial charge in [0.25, 0.3) is 0 Å². The number of halogens is 2. The zero-order valence-electron chi connectivity index (χ0n) is 9.74. The molecule has 0 radical (unpaired) electrons. The normalized spacial score (nSPS) is 16.9. The van der Waals surface area contributed by atoms with Gasteiger partial charge >= 0.3 is 0 Å². The Morgan fingerprint density at radius 1 is 1.56 bits per heavy atom. The van der Waals surface area contributed by atoms with Gasteiger partial charge in [-0.25, -0.2) is 9.38 Å². The predicted octanol–water partition coefficient (Wildman–Crippen LogP) is 2.17. The summed E-state index contributed by atoms with van der Waals surface area (Å²) in [6, 6.07) is 3.62. The summed E-state index contributed by atoms with van der Waals surface area (Å²) in [5, 5.41) is 0.326. The van der Waals surface area contributed by atoms with Crippen molar-refractivity contribution in [1.29, 1.82) is 0 Å². The highest BCUT2D eigenvalue weighted by Gasteiger charge is 2.19. The lowest BCUT2D eigenvalue weighted by molar-refractivity contribution is 0.295. The van der Waals surface area contributed by atoms with Crippen molar-refractivity contribution < 1.29 is 4.39 Å². The van der Waals surface area contributed by atoms with Crippen LogP contribution in [0, 0.1) is 18.2 Å². The molecule has 94 valence electrons. The first-order valence-electron chi connectivity index (χ1n) is 5.61. The second-order valence-corrected chi connectivity index (χ2v) is 4.50. The lowest BCUT2D eigenvalue weighted by Gasteiger charge is -2.32. The van der Waals surface area contributed by atoms with Gasteiger partial charge in [-0.2, -0.15) is 0 Å². The number of nitrogens with zero attached hydrogens (tertiary/aromatic N) is 2. The molecule has 1 unspecified atom stereocenters. The zero-order chi connectivity index (χ0) is 13.1. The van der Waals surface area contributed by atoms with E-state index in [1.165, 1.54) is 12.1 Å². The number of nitrogens with two attached hydrogens (primary N) is 1. The van der Waals surface area contributed by atoms with Gasteiger partial charge in [0.15, 0.2) is 5.96 Å². The average Bonchev–Trinajstić information content (AvgIpc) is 2.24. The Hall–Kier alpha value is -1.73. The third-order valence-electron chi connectivity index (χ3n) is 2.86. The van der Waals surface area contributed by atoms with Crippen LogP contribution in [0.3, 0.4) is 0 Å². The van der Waals surface area contributed by atoms with E-state index in [1.807, 2.05) is 4.90 Å². The van der Waals surface area contributed by atoms with Crippen molar-refractivity contribution in [2.24, 2.45) is 10.7 Å². The fourth-order valence-electron chi connectivity index (χ4n) is 1.68. The Morgan fingerprint density at radius 3 is 2.78 bits per heavy atom. The molecule has 1 aromatic carbocycles. The molecule has 1 atom stereocenters. The predicted molar refractivity (Wildman–Crippen MR) is 70.8 cm³/mol. The molecule has 18 heavy (non-hydrogen) atoms. The topological polar surface area (TPSA) is 41.6 Å². The van der Waals surface area contributed by atoms with Crippen LogP contribution in [0.25, 0.3) is 0 Å². The van der Waals surface area contributed by atoms with Gasteiger partial charge < -0.3 is 10.6 Å². The highest BCUT2D eigenvalue weighted by molar-refractivity contribution is 6.30. The number of terminal acetylenes is 1. The largest absolute Gasteiger partial charge is 0.370 e. The standard InChI is InChI=1S/C13H13ClFN3/c1-2-12(17-13(16)18-6-3-7-18)10-5-4-9(14)8-11(10)15/h1,4-5,8,12H,3,6-7H2,(H2,16,17). The Kier molecular flexibility index (Phi) is 3.73. The van der Waals surface area contributed by atoms with Crippen molar-refractivity contribution in [2.45, 2.75) is 12.5 Å². The highest BCUT2D eigenvalue weighted by Crippen LogP contribution is 2.23. The van der Waals surface area contributed by atoms with E-state index in [1.54, 1.807) is 6.07 Å². The van der Waals surface area contributed by atoms with Crippen molar-refractivity contribution in [3.8, 4) is 12.3 Å². The molecule has 1 heterocycles. The van der Waals surface area contributed by atoms with E-state index in [2.05, 4.69) is 10.9 Å². The molecule has 1 saturated heterocycles. The number of likely N-dealkylation sites (tertiary alicyclic amines) is 1. The number of benzene rings is 1. The monoisotopic (exact) mass is 265 g/mol. The van der Waals surface area contributed by atoms with Crippen LogP contribution in [0.2, 0.25) is 5.02 Å². The van der Waals surface area contributed by atoms with Crippen molar-refractivity contribution in [2.75, 3.05) is 13.1 Å². The summed E-state index contributed by atoms with van der Waals surface area (Å²) in [4.78, 5) is 6.08. The molecule has 0 aromatic heterocycles. The Balaban J connectivity index is 2.25. The van der Waals surface area contributed by atoms with E-state index >= 15 is 0 Å². The summed E-state index contributed by atoms with van der Waals surface area (Å²) in [5.41, 5.74) is 6.12. The highest BCUT2D eigenvalue weighted by atomic mass is 35.5. The Bertz CT molecular complexity index is 517. The van der Waals surface area contributed by atoms with E-state index in [9.17, 15) is 4.39 Å². The molecule has 2 N–H and O–H groups in total. The number of aliphatic imine (C=N–C) groups is 1. The second-order valence-electron chi connectivity index (χ2n) is 4.06. The molecule has 1 aliphatic heterocycles. The van der Waals surface area contributed by atoms with Gasteiger partial charge in [0, 0.05) is 23.7 Å². The van der Waals surface area contributed by atoms with Gasteiger partial charge in [0.2, 0.25) is 0 Å². The summed E-state index contributed by atoms with van der Waals surface area (Å²) >= 11 is 5.69. The lowest BCUT2D eigenvalue weighted by Crippen LogP contribution is -2.46. The van der Waals surface area contributed by atoms with Crippen molar-refractivity contribution >= 4 is 17.6 Å². The zero-order valence-corrected chi connectivity index (χ0v) is 10.5. The van der Waals surface area contributed by atoms with Crippen LogP contribution in [0.4, 0.5) is 4.39 Å². The Labute approximate surface area is 110 Å². The molecule has 0 saturated carbocycles. The molecule has 0 bridgehead atoms.